The summed E-state index contributed by atoms with van der Waals surface area (Å²) in [5.41, 5.74) is 4.02. The van der Waals surface area contributed by atoms with Crippen molar-refractivity contribution in [3.8, 4) is 33.3 Å². The van der Waals surface area contributed by atoms with E-state index >= 15 is 0 Å². The van der Waals surface area contributed by atoms with E-state index in [4.69, 9.17) is 4.52 Å². The molecule has 0 aliphatic carbocycles. The minimum Gasteiger partial charge on any atom is -0.334 e. The molecule has 5 rings (SSSR count). The topological polar surface area (TPSA) is 68.0 Å². The zero-order valence-corrected chi connectivity index (χ0v) is 17.2. The van der Waals surface area contributed by atoms with E-state index in [0.717, 1.165) is 16.0 Å². The highest BCUT2D eigenvalue weighted by atomic mass is 32.1. The SMILES string of the molecule is O=C(Nc1ccccc1-c1nc(-c2cccs2)no1)c1ccc(-c2ccccc2)cc1. The van der Waals surface area contributed by atoms with Crippen LogP contribution in [0.15, 0.2) is 101 Å². The number of hydrogen-bond donors (Lipinski definition) is 1. The molecule has 0 atom stereocenters. The van der Waals surface area contributed by atoms with Gasteiger partial charge in [-0.05, 0) is 46.8 Å². The first kappa shape index (κ1) is 19.0. The lowest BCUT2D eigenvalue weighted by atomic mass is 10.0. The molecule has 0 radical (unpaired) electrons. The average molecular weight is 423 g/mol. The van der Waals surface area contributed by atoms with Crippen molar-refractivity contribution in [2.45, 2.75) is 0 Å². The van der Waals surface area contributed by atoms with Crippen LogP contribution in [0.25, 0.3) is 33.3 Å². The molecule has 0 fully saturated rings. The summed E-state index contributed by atoms with van der Waals surface area (Å²) >= 11 is 1.54. The molecule has 1 amide bonds. The molecular formula is C25H17N3O2S. The number of hydrogen-bond acceptors (Lipinski definition) is 5. The van der Waals surface area contributed by atoms with E-state index in [2.05, 4.69) is 15.5 Å². The maximum absolute atomic E-state index is 12.9. The van der Waals surface area contributed by atoms with Crippen LogP contribution in [0.3, 0.4) is 0 Å². The van der Waals surface area contributed by atoms with Crippen LogP contribution in [-0.2, 0) is 0 Å². The Hall–Kier alpha value is -4.03. The Morgan fingerprint density at radius 1 is 0.806 bits per heavy atom. The number of benzene rings is 3. The largest absolute Gasteiger partial charge is 0.334 e. The summed E-state index contributed by atoms with van der Waals surface area (Å²) in [5.74, 6) is 0.686. The average Bonchev–Trinajstić information content (AvgIpc) is 3.52. The lowest BCUT2D eigenvalue weighted by Gasteiger charge is -2.09. The molecule has 0 aliphatic rings. The summed E-state index contributed by atoms with van der Waals surface area (Å²) in [5, 5.41) is 8.99. The second-order valence-corrected chi connectivity index (χ2v) is 7.79. The molecule has 0 aliphatic heterocycles. The molecule has 2 aromatic heterocycles. The Morgan fingerprint density at radius 2 is 1.55 bits per heavy atom. The minimum atomic E-state index is -0.204. The first-order valence-corrected chi connectivity index (χ1v) is 10.6. The Morgan fingerprint density at radius 3 is 2.32 bits per heavy atom. The summed E-state index contributed by atoms with van der Waals surface area (Å²) in [6.45, 7) is 0. The van der Waals surface area contributed by atoms with Crippen LogP contribution in [0.2, 0.25) is 0 Å². The lowest BCUT2D eigenvalue weighted by molar-refractivity contribution is 0.102. The van der Waals surface area contributed by atoms with Crippen molar-refractivity contribution in [2.24, 2.45) is 0 Å². The number of nitrogens with zero attached hydrogens (tertiary/aromatic N) is 2. The monoisotopic (exact) mass is 423 g/mol. The van der Waals surface area contributed by atoms with Gasteiger partial charge in [-0.3, -0.25) is 4.79 Å². The molecule has 1 N–H and O–H groups in total. The van der Waals surface area contributed by atoms with Crippen LogP contribution >= 0.6 is 11.3 Å². The van der Waals surface area contributed by atoms with Crippen molar-refractivity contribution in [3.05, 3.63) is 102 Å². The Bertz CT molecular complexity index is 1310. The molecule has 0 unspecified atom stereocenters. The molecule has 5 nitrogen and oxygen atoms in total. The summed E-state index contributed by atoms with van der Waals surface area (Å²) in [6, 6.07) is 28.9. The highest BCUT2D eigenvalue weighted by molar-refractivity contribution is 7.13. The summed E-state index contributed by atoms with van der Waals surface area (Å²) < 4.78 is 5.46. The van der Waals surface area contributed by atoms with Gasteiger partial charge in [-0.2, -0.15) is 4.98 Å². The van der Waals surface area contributed by atoms with E-state index in [-0.39, 0.29) is 5.91 Å². The van der Waals surface area contributed by atoms with Crippen molar-refractivity contribution in [1.82, 2.24) is 10.1 Å². The van der Waals surface area contributed by atoms with Crippen molar-refractivity contribution in [3.63, 3.8) is 0 Å². The van der Waals surface area contributed by atoms with E-state index < -0.39 is 0 Å². The van der Waals surface area contributed by atoms with Gasteiger partial charge < -0.3 is 9.84 Å². The van der Waals surface area contributed by atoms with Gasteiger partial charge in [-0.1, -0.05) is 65.8 Å². The molecule has 0 saturated heterocycles. The quantitative estimate of drug-likeness (QED) is 0.356. The highest BCUT2D eigenvalue weighted by Crippen LogP contribution is 2.30. The van der Waals surface area contributed by atoms with Gasteiger partial charge >= 0.3 is 0 Å². The standard InChI is InChI=1S/C25H17N3O2S/c29-24(19-14-12-18(13-15-19)17-7-2-1-3-8-17)26-21-10-5-4-9-20(21)25-27-23(28-30-25)22-11-6-16-31-22/h1-16H,(H,26,29). The van der Waals surface area contributed by atoms with E-state index in [9.17, 15) is 4.79 Å². The fourth-order valence-electron chi connectivity index (χ4n) is 3.26. The van der Waals surface area contributed by atoms with Crippen LogP contribution in [-0.4, -0.2) is 16.0 Å². The van der Waals surface area contributed by atoms with E-state index in [1.165, 1.54) is 0 Å². The van der Waals surface area contributed by atoms with Gasteiger partial charge in [0.1, 0.15) is 0 Å². The fraction of sp³-hybridized carbons (Fsp3) is 0. The number of rotatable bonds is 5. The maximum atomic E-state index is 12.9. The van der Waals surface area contributed by atoms with Crippen molar-refractivity contribution < 1.29 is 9.32 Å². The second-order valence-electron chi connectivity index (χ2n) is 6.84. The minimum absolute atomic E-state index is 0.204. The smallest absolute Gasteiger partial charge is 0.260 e. The Balaban J connectivity index is 1.38. The van der Waals surface area contributed by atoms with Gasteiger partial charge in [0.2, 0.25) is 5.82 Å². The number of thiophene rings is 1. The number of aromatic nitrogens is 2. The van der Waals surface area contributed by atoms with Gasteiger partial charge in [0, 0.05) is 5.56 Å². The third-order valence-corrected chi connectivity index (χ3v) is 5.69. The lowest BCUT2D eigenvalue weighted by Crippen LogP contribution is -2.12. The third-order valence-electron chi connectivity index (χ3n) is 4.83. The molecule has 150 valence electrons. The van der Waals surface area contributed by atoms with Gasteiger partial charge in [0.15, 0.2) is 0 Å². The molecular weight excluding hydrogens is 406 g/mol. The fourth-order valence-corrected chi connectivity index (χ4v) is 3.91. The zero-order valence-electron chi connectivity index (χ0n) is 16.4. The number of amides is 1. The highest BCUT2D eigenvalue weighted by Gasteiger charge is 2.16. The van der Waals surface area contributed by atoms with Crippen LogP contribution in [0.4, 0.5) is 5.69 Å². The molecule has 6 heteroatoms. The first-order chi connectivity index (χ1) is 15.3. The normalized spacial score (nSPS) is 10.7. The van der Waals surface area contributed by atoms with E-state index in [1.807, 2.05) is 96.4 Å². The molecule has 31 heavy (non-hydrogen) atoms. The Labute approximate surface area is 183 Å². The number of anilines is 1. The van der Waals surface area contributed by atoms with Crippen molar-refractivity contribution in [2.75, 3.05) is 5.32 Å². The first-order valence-electron chi connectivity index (χ1n) is 9.72. The summed E-state index contributed by atoms with van der Waals surface area (Å²) in [4.78, 5) is 18.3. The molecule has 2 heterocycles. The number of carbonyl (C=O) groups excluding carboxylic acids is 1. The van der Waals surface area contributed by atoms with Gasteiger partial charge in [-0.15, -0.1) is 11.3 Å². The van der Waals surface area contributed by atoms with Crippen LogP contribution in [0, 0.1) is 0 Å². The maximum Gasteiger partial charge on any atom is 0.260 e. The van der Waals surface area contributed by atoms with E-state index in [0.29, 0.717) is 28.5 Å². The molecule has 0 saturated carbocycles. The number of nitrogens with one attached hydrogen (secondary N) is 1. The molecule has 0 bridgehead atoms. The van der Waals surface area contributed by atoms with Gasteiger partial charge in [-0.25, -0.2) is 0 Å². The predicted molar refractivity (Wildman–Crippen MR) is 123 cm³/mol. The van der Waals surface area contributed by atoms with Crippen molar-refractivity contribution in [1.29, 1.82) is 0 Å². The molecule has 3 aromatic carbocycles. The van der Waals surface area contributed by atoms with Gasteiger partial charge in [0.25, 0.3) is 11.8 Å². The molecule has 0 spiro atoms. The summed E-state index contributed by atoms with van der Waals surface area (Å²) in [7, 11) is 0. The predicted octanol–water partition coefficient (Wildman–Crippen LogP) is 6.38. The van der Waals surface area contributed by atoms with E-state index in [1.54, 1.807) is 11.3 Å². The van der Waals surface area contributed by atoms with Crippen LogP contribution in [0.1, 0.15) is 10.4 Å². The third kappa shape index (κ3) is 4.01. The Kier molecular flexibility index (Phi) is 5.12. The zero-order chi connectivity index (χ0) is 21.0. The number of carbonyl (C=O) groups is 1. The van der Waals surface area contributed by atoms with Crippen LogP contribution in [0.5, 0.6) is 0 Å². The van der Waals surface area contributed by atoms with Gasteiger partial charge in [0.05, 0.1) is 16.1 Å². The number of para-hydroxylation sites is 1. The molecule has 5 aromatic rings. The van der Waals surface area contributed by atoms with Crippen LogP contribution < -0.4 is 5.32 Å². The summed E-state index contributed by atoms with van der Waals surface area (Å²) in [6.07, 6.45) is 0. The second kappa shape index (κ2) is 8.38. The van der Waals surface area contributed by atoms with Crippen molar-refractivity contribution >= 4 is 22.9 Å².